The van der Waals surface area contributed by atoms with Crippen molar-refractivity contribution in [1.82, 2.24) is 9.80 Å². The maximum absolute atomic E-state index is 11.6. The average Bonchev–Trinajstić information content (AvgIpc) is 2.05. The highest BCUT2D eigenvalue weighted by molar-refractivity contribution is 5.69. The highest BCUT2D eigenvalue weighted by Gasteiger charge is 2.34. The molecule has 0 spiro atoms. The van der Waals surface area contributed by atoms with E-state index in [-0.39, 0.29) is 12.6 Å². The highest BCUT2D eigenvalue weighted by Crippen LogP contribution is 2.19. The van der Waals surface area contributed by atoms with Crippen LogP contribution in [0.2, 0.25) is 0 Å². The van der Waals surface area contributed by atoms with E-state index in [0.717, 1.165) is 0 Å². The fourth-order valence-electron chi connectivity index (χ4n) is 1.90. The van der Waals surface area contributed by atoms with Crippen molar-refractivity contribution in [2.24, 2.45) is 5.92 Å². The van der Waals surface area contributed by atoms with Crippen molar-refractivity contribution in [2.45, 2.75) is 26.4 Å². The lowest BCUT2D eigenvalue weighted by Gasteiger charge is -2.41. The molecule has 6 nitrogen and oxygen atoms in total. The van der Waals surface area contributed by atoms with Crippen LogP contribution in [0, 0.1) is 5.92 Å². The first-order valence-electron chi connectivity index (χ1n) is 6.05. The summed E-state index contributed by atoms with van der Waals surface area (Å²) >= 11 is 0. The molecule has 0 atom stereocenters. The lowest BCUT2D eigenvalue weighted by atomic mass is 10.0. The third kappa shape index (κ3) is 4.91. The maximum atomic E-state index is 11.6. The number of carboxylic acids is 1. The lowest BCUT2D eigenvalue weighted by Crippen LogP contribution is -2.54. The zero-order valence-corrected chi connectivity index (χ0v) is 11.5. The van der Waals surface area contributed by atoms with Crippen LogP contribution in [0.4, 0.5) is 4.79 Å². The first-order chi connectivity index (χ1) is 8.17. The Hall–Kier alpha value is -1.30. The van der Waals surface area contributed by atoms with Gasteiger partial charge in [-0.1, -0.05) is 0 Å². The Morgan fingerprint density at radius 1 is 1.39 bits per heavy atom. The van der Waals surface area contributed by atoms with Crippen LogP contribution in [-0.4, -0.2) is 65.8 Å². The molecule has 1 fully saturated rings. The normalized spacial score (nSPS) is 16.6. The third-order valence-electron chi connectivity index (χ3n) is 2.58. The smallest absolute Gasteiger partial charge is 0.410 e. The molecule has 6 heteroatoms. The Morgan fingerprint density at radius 2 is 1.94 bits per heavy atom. The number of carbonyl (C=O) groups is 2. The van der Waals surface area contributed by atoms with E-state index in [1.807, 2.05) is 20.8 Å². The largest absolute Gasteiger partial charge is 0.480 e. The molecule has 1 aliphatic heterocycles. The van der Waals surface area contributed by atoms with Crippen LogP contribution in [-0.2, 0) is 9.53 Å². The topological polar surface area (TPSA) is 70.1 Å². The molecule has 1 heterocycles. The second kappa shape index (κ2) is 5.56. The third-order valence-corrected chi connectivity index (χ3v) is 2.58. The predicted octanol–water partition coefficient (Wildman–Crippen LogP) is 0.870. The summed E-state index contributed by atoms with van der Waals surface area (Å²) in [6, 6.07) is 0. The summed E-state index contributed by atoms with van der Waals surface area (Å²) in [6.07, 6.45) is -0.292. The standard InChI is InChI=1S/C12H22N2O4/c1-12(2,3)18-11(17)14-6-9(7-14)5-13(4)8-10(15)16/h9H,5-8H2,1-4H3,(H,15,16). The van der Waals surface area contributed by atoms with Crippen LogP contribution in [0.25, 0.3) is 0 Å². The molecule has 0 bridgehead atoms. The maximum Gasteiger partial charge on any atom is 0.410 e. The van der Waals surface area contributed by atoms with Crippen molar-refractivity contribution in [3.05, 3.63) is 0 Å². The Morgan fingerprint density at radius 3 is 2.39 bits per heavy atom. The number of ether oxygens (including phenoxy) is 1. The van der Waals surface area contributed by atoms with E-state index in [1.54, 1.807) is 16.8 Å². The van der Waals surface area contributed by atoms with Gasteiger partial charge < -0.3 is 14.7 Å². The fourth-order valence-corrected chi connectivity index (χ4v) is 1.90. The molecule has 0 radical (unpaired) electrons. The van der Waals surface area contributed by atoms with Crippen LogP contribution < -0.4 is 0 Å². The van der Waals surface area contributed by atoms with Gasteiger partial charge >= 0.3 is 12.1 Å². The summed E-state index contributed by atoms with van der Waals surface area (Å²) < 4.78 is 5.24. The van der Waals surface area contributed by atoms with Gasteiger partial charge in [-0.05, 0) is 27.8 Å². The monoisotopic (exact) mass is 258 g/mol. The van der Waals surface area contributed by atoms with Crippen LogP contribution in [0.15, 0.2) is 0 Å². The van der Waals surface area contributed by atoms with E-state index in [0.29, 0.717) is 25.6 Å². The summed E-state index contributed by atoms with van der Waals surface area (Å²) in [6.45, 7) is 7.50. The van der Waals surface area contributed by atoms with Gasteiger partial charge in [0.15, 0.2) is 0 Å². The first kappa shape index (κ1) is 14.8. The minimum Gasteiger partial charge on any atom is -0.480 e. The number of carboxylic acid groups (broad SMARTS) is 1. The van der Waals surface area contributed by atoms with Gasteiger partial charge in [-0.25, -0.2) is 4.79 Å². The van der Waals surface area contributed by atoms with Gasteiger partial charge in [-0.3, -0.25) is 9.69 Å². The molecule has 0 unspecified atom stereocenters. The highest BCUT2D eigenvalue weighted by atomic mass is 16.6. The summed E-state index contributed by atoms with van der Waals surface area (Å²) in [5.41, 5.74) is -0.470. The summed E-state index contributed by atoms with van der Waals surface area (Å²) in [5, 5.41) is 8.63. The minimum atomic E-state index is -0.833. The number of nitrogens with zero attached hydrogens (tertiary/aromatic N) is 2. The van der Waals surface area contributed by atoms with Crippen molar-refractivity contribution in [3.63, 3.8) is 0 Å². The van der Waals surface area contributed by atoms with E-state index in [9.17, 15) is 9.59 Å². The number of rotatable bonds is 4. The molecule has 1 amide bonds. The van der Waals surface area contributed by atoms with Crippen LogP contribution in [0.3, 0.4) is 0 Å². The Labute approximate surface area is 107 Å². The Bertz CT molecular complexity index is 319. The molecular weight excluding hydrogens is 236 g/mol. The van der Waals surface area contributed by atoms with Gasteiger partial charge in [0.05, 0.1) is 6.54 Å². The summed E-state index contributed by atoms with van der Waals surface area (Å²) in [7, 11) is 1.77. The Balaban J connectivity index is 2.23. The molecule has 0 aromatic rings. The quantitative estimate of drug-likeness (QED) is 0.810. The molecule has 0 saturated carbocycles. The number of hydrogen-bond acceptors (Lipinski definition) is 4. The van der Waals surface area contributed by atoms with Crippen molar-refractivity contribution < 1.29 is 19.4 Å². The zero-order chi connectivity index (χ0) is 13.9. The van der Waals surface area contributed by atoms with E-state index in [4.69, 9.17) is 9.84 Å². The molecule has 0 aromatic heterocycles. The number of likely N-dealkylation sites (tertiary alicyclic amines) is 1. The van der Waals surface area contributed by atoms with E-state index in [1.165, 1.54) is 0 Å². The molecular formula is C12H22N2O4. The predicted molar refractivity (Wildman–Crippen MR) is 66.4 cm³/mol. The number of aliphatic carboxylic acids is 1. The van der Waals surface area contributed by atoms with Crippen molar-refractivity contribution >= 4 is 12.1 Å². The minimum absolute atomic E-state index is 0.0307. The van der Waals surface area contributed by atoms with Gasteiger partial charge in [-0.2, -0.15) is 0 Å². The number of amides is 1. The SMILES string of the molecule is CN(CC(=O)O)CC1CN(C(=O)OC(C)(C)C)C1. The van der Waals surface area contributed by atoms with E-state index >= 15 is 0 Å². The molecule has 1 saturated heterocycles. The van der Waals surface area contributed by atoms with Crippen molar-refractivity contribution in [2.75, 3.05) is 33.2 Å². The van der Waals surface area contributed by atoms with Crippen LogP contribution >= 0.6 is 0 Å². The second-order valence-corrected chi connectivity index (χ2v) is 5.84. The van der Waals surface area contributed by atoms with Crippen molar-refractivity contribution in [3.8, 4) is 0 Å². The molecule has 104 valence electrons. The zero-order valence-electron chi connectivity index (χ0n) is 11.5. The second-order valence-electron chi connectivity index (χ2n) is 5.84. The van der Waals surface area contributed by atoms with Gasteiger partial charge in [0.25, 0.3) is 0 Å². The lowest BCUT2D eigenvalue weighted by molar-refractivity contribution is -0.138. The molecule has 0 aliphatic carbocycles. The van der Waals surface area contributed by atoms with E-state index < -0.39 is 11.6 Å². The van der Waals surface area contributed by atoms with E-state index in [2.05, 4.69) is 0 Å². The molecule has 18 heavy (non-hydrogen) atoms. The molecule has 1 rings (SSSR count). The number of likely N-dealkylation sites (N-methyl/N-ethyl adjacent to an activating group) is 1. The van der Waals surface area contributed by atoms with Gasteiger partial charge in [-0.15, -0.1) is 0 Å². The number of carbonyl (C=O) groups excluding carboxylic acids is 1. The summed E-state index contributed by atoms with van der Waals surface area (Å²) in [4.78, 5) is 25.5. The van der Waals surface area contributed by atoms with Gasteiger partial charge in [0, 0.05) is 25.6 Å². The Kier molecular flexibility index (Phi) is 4.56. The van der Waals surface area contributed by atoms with Crippen molar-refractivity contribution in [1.29, 1.82) is 0 Å². The molecule has 0 aromatic carbocycles. The summed E-state index contributed by atoms with van der Waals surface area (Å²) in [5.74, 6) is -0.498. The van der Waals surface area contributed by atoms with Crippen LogP contribution in [0.1, 0.15) is 20.8 Å². The molecule has 1 aliphatic rings. The number of hydrogen-bond donors (Lipinski definition) is 1. The average molecular weight is 258 g/mol. The van der Waals surface area contributed by atoms with Gasteiger partial charge in [0.2, 0.25) is 0 Å². The first-order valence-corrected chi connectivity index (χ1v) is 6.05. The van der Waals surface area contributed by atoms with Crippen LogP contribution in [0.5, 0.6) is 0 Å². The fraction of sp³-hybridized carbons (Fsp3) is 0.833. The molecule has 1 N–H and O–H groups in total. The van der Waals surface area contributed by atoms with Gasteiger partial charge in [0.1, 0.15) is 5.60 Å².